The summed E-state index contributed by atoms with van der Waals surface area (Å²) in [6.45, 7) is 2.74. The minimum Gasteiger partial charge on any atom is -0.481 e. The first kappa shape index (κ1) is 14.3. The molecule has 1 atom stereocenters. The number of rotatable bonds is 3. The molecule has 1 unspecified atom stereocenters. The number of aliphatic imine (C=N–C) groups is 1. The Morgan fingerprint density at radius 3 is 2.65 bits per heavy atom. The number of benzene rings is 2. The highest BCUT2D eigenvalue weighted by atomic mass is 16.5. The summed E-state index contributed by atoms with van der Waals surface area (Å²) in [6.07, 6.45) is 2.06. The van der Waals surface area contributed by atoms with Crippen LogP contribution in [0.1, 0.15) is 23.6 Å². The van der Waals surface area contributed by atoms with Crippen LogP contribution >= 0.6 is 0 Å². The number of nitrogens with two attached hydrogens (primary N) is 1. The van der Waals surface area contributed by atoms with Crippen molar-refractivity contribution in [3.05, 3.63) is 59.2 Å². The van der Waals surface area contributed by atoms with Crippen LogP contribution in [0.4, 0.5) is 5.69 Å². The third-order valence-corrected chi connectivity index (χ3v) is 4.64. The van der Waals surface area contributed by atoms with E-state index in [1.807, 2.05) is 13.0 Å². The molecule has 0 radical (unpaired) electrons. The summed E-state index contributed by atoms with van der Waals surface area (Å²) in [5.74, 6) is 1.34. The number of nitrogens with zero attached hydrogens (tertiary/aromatic N) is 1. The second-order valence-corrected chi connectivity index (χ2v) is 6.35. The summed E-state index contributed by atoms with van der Waals surface area (Å²) in [6, 6.07) is 15.3. The Kier molecular flexibility index (Phi) is 3.54. The van der Waals surface area contributed by atoms with E-state index in [1.165, 1.54) is 16.7 Å². The third kappa shape index (κ3) is 2.82. The van der Waals surface area contributed by atoms with Gasteiger partial charge >= 0.3 is 0 Å². The number of fused-ring (bicyclic) bond motifs is 2. The van der Waals surface area contributed by atoms with E-state index in [0.717, 1.165) is 30.8 Å². The van der Waals surface area contributed by atoms with Crippen molar-refractivity contribution in [3.8, 4) is 5.75 Å². The van der Waals surface area contributed by atoms with Gasteiger partial charge in [0.2, 0.25) is 0 Å². The molecular weight excluding hydrogens is 286 g/mol. The molecule has 0 fully saturated rings. The van der Waals surface area contributed by atoms with E-state index in [0.29, 0.717) is 11.9 Å². The van der Waals surface area contributed by atoms with E-state index in [2.05, 4.69) is 46.7 Å². The summed E-state index contributed by atoms with van der Waals surface area (Å²) in [7, 11) is 0. The largest absolute Gasteiger partial charge is 0.481 e. The standard InChI is InChI=1S/C19H21N3O/c1-12-19(20)22-17-8-13(6-7-18(17)23-12)11-21-16-9-14-4-2-3-5-15(14)10-16/h2-8,12,16,21H,9-11H2,1H3,(H2,20,22). The normalized spacial score (nSPS) is 19.7. The van der Waals surface area contributed by atoms with Crippen molar-refractivity contribution >= 4 is 11.5 Å². The van der Waals surface area contributed by atoms with E-state index in [-0.39, 0.29) is 6.10 Å². The topological polar surface area (TPSA) is 59.6 Å². The number of hydrogen-bond donors (Lipinski definition) is 2. The van der Waals surface area contributed by atoms with Gasteiger partial charge in [0.15, 0.2) is 6.10 Å². The molecule has 4 nitrogen and oxygen atoms in total. The summed E-state index contributed by atoms with van der Waals surface area (Å²) >= 11 is 0. The van der Waals surface area contributed by atoms with Crippen molar-refractivity contribution in [2.24, 2.45) is 10.7 Å². The van der Waals surface area contributed by atoms with Gasteiger partial charge in [0.05, 0.1) is 0 Å². The lowest BCUT2D eigenvalue weighted by Gasteiger charge is -2.21. The van der Waals surface area contributed by atoms with Crippen molar-refractivity contribution in [1.29, 1.82) is 0 Å². The zero-order chi connectivity index (χ0) is 15.8. The van der Waals surface area contributed by atoms with Crippen molar-refractivity contribution < 1.29 is 4.74 Å². The molecule has 1 aliphatic heterocycles. The van der Waals surface area contributed by atoms with Crippen LogP contribution in [-0.2, 0) is 19.4 Å². The highest BCUT2D eigenvalue weighted by Crippen LogP contribution is 2.32. The Bertz CT molecular complexity index is 744. The molecule has 2 aliphatic rings. The molecule has 0 spiro atoms. The molecule has 0 bridgehead atoms. The smallest absolute Gasteiger partial charge is 0.153 e. The fourth-order valence-corrected chi connectivity index (χ4v) is 3.31. The number of amidine groups is 1. The van der Waals surface area contributed by atoms with E-state index in [4.69, 9.17) is 10.5 Å². The summed E-state index contributed by atoms with van der Waals surface area (Å²) in [5, 5.41) is 3.65. The van der Waals surface area contributed by atoms with Gasteiger partial charge in [-0.3, -0.25) is 0 Å². The summed E-state index contributed by atoms with van der Waals surface area (Å²) < 4.78 is 5.74. The first-order chi connectivity index (χ1) is 11.2. The summed E-state index contributed by atoms with van der Waals surface area (Å²) in [4.78, 5) is 4.44. The minimum absolute atomic E-state index is 0.150. The Morgan fingerprint density at radius 1 is 1.17 bits per heavy atom. The quantitative estimate of drug-likeness (QED) is 0.916. The molecule has 3 N–H and O–H groups in total. The van der Waals surface area contributed by atoms with Crippen LogP contribution in [0, 0.1) is 0 Å². The fourth-order valence-electron chi connectivity index (χ4n) is 3.31. The van der Waals surface area contributed by atoms with Gasteiger partial charge in [0, 0.05) is 12.6 Å². The number of nitrogens with one attached hydrogen (secondary N) is 1. The van der Waals surface area contributed by atoms with Crippen LogP contribution in [0.3, 0.4) is 0 Å². The second-order valence-electron chi connectivity index (χ2n) is 6.35. The molecule has 118 valence electrons. The van der Waals surface area contributed by atoms with Gasteiger partial charge in [-0.25, -0.2) is 4.99 Å². The average molecular weight is 307 g/mol. The van der Waals surface area contributed by atoms with E-state index >= 15 is 0 Å². The Morgan fingerprint density at radius 2 is 1.91 bits per heavy atom. The van der Waals surface area contributed by atoms with Crippen LogP contribution in [-0.4, -0.2) is 18.0 Å². The molecule has 0 saturated heterocycles. The molecule has 23 heavy (non-hydrogen) atoms. The third-order valence-electron chi connectivity index (χ3n) is 4.64. The maximum atomic E-state index is 5.87. The first-order valence-corrected chi connectivity index (χ1v) is 8.13. The van der Waals surface area contributed by atoms with E-state index in [9.17, 15) is 0 Å². The maximum absolute atomic E-state index is 5.87. The summed E-state index contributed by atoms with van der Waals surface area (Å²) in [5.41, 5.74) is 10.8. The van der Waals surface area contributed by atoms with E-state index in [1.54, 1.807) is 0 Å². The lowest BCUT2D eigenvalue weighted by Crippen LogP contribution is -2.33. The highest BCUT2D eigenvalue weighted by Gasteiger charge is 2.21. The Hall–Kier alpha value is -2.33. The van der Waals surface area contributed by atoms with Crippen LogP contribution in [0.2, 0.25) is 0 Å². The van der Waals surface area contributed by atoms with Gasteiger partial charge < -0.3 is 15.8 Å². The van der Waals surface area contributed by atoms with Crippen LogP contribution in [0.25, 0.3) is 0 Å². The van der Waals surface area contributed by atoms with Crippen molar-refractivity contribution in [2.75, 3.05) is 0 Å². The van der Waals surface area contributed by atoms with E-state index < -0.39 is 0 Å². The Balaban J connectivity index is 1.43. The molecule has 1 aliphatic carbocycles. The molecule has 0 saturated carbocycles. The molecule has 0 amide bonds. The molecule has 1 heterocycles. The monoisotopic (exact) mass is 307 g/mol. The van der Waals surface area contributed by atoms with Gasteiger partial charge in [-0.15, -0.1) is 0 Å². The van der Waals surface area contributed by atoms with Gasteiger partial charge in [0.25, 0.3) is 0 Å². The lowest BCUT2D eigenvalue weighted by molar-refractivity contribution is 0.281. The molecule has 2 aromatic carbocycles. The van der Waals surface area contributed by atoms with Crippen molar-refractivity contribution in [3.63, 3.8) is 0 Å². The first-order valence-electron chi connectivity index (χ1n) is 8.13. The van der Waals surface area contributed by atoms with Crippen LogP contribution in [0.5, 0.6) is 5.75 Å². The predicted octanol–water partition coefficient (Wildman–Crippen LogP) is 2.71. The fraction of sp³-hybridized carbons (Fsp3) is 0.316. The zero-order valence-electron chi connectivity index (χ0n) is 13.3. The van der Waals surface area contributed by atoms with Gasteiger partial charge in [0.1, 0.15) is 17.3 Å². The molecule has 0 aromatic heterocycles. The molecule has 2 aromatic rings. The Labute approximate surface area is 136 Å². The highest BCUT2D eigenvalue weighted by molar-refractivity contribution is 5.89. The number of ether oxygens (including phenoxy) is 1. The van der Waals surface area contributed by atoms with Crippen LogP contribution in [0.15, 0.2) is 47.5 Å². The predicted molar refractivity (Wildman–Crippen MR) is 92.3 cm³/mol. The van der Waals surface area contributed by atoms with Gasteiger partial charge in [-0.1, -0.05) is 30.3 Å². The van der Waals surface area contributed by atoms with Crippen molar-refractivity contribution in [1.82, 2.24) is 5.32 Å². The van der Waals surface area contributed by atoms with Crippen LogP contribution < -0.4 is 15.8 Å². The number of hydrogen-bond acceptors (Lipinski definition) is 4. The van der Waals surface area contributed by atoms with Gasteiger partial charge in [-0.05, 0) is 48.6 Å². The molecular formula is C19H21N3O. The zero-order valence-corrected chi connectivity index (χ0v) is 13.3. The lowest BCUT2D eigenvalue weighted by atomic mass is 10.1. The second kappa shape index (κ2) is 5.70. The van der Waals surface area contributed by atoms with Gasteiger partial charge in [-0.2, -0.15) is 0 Å². The SMILES string of the molecule is CC1Oc2ccc(CNC3Cc4ccccc4C3)cc2N=C1N. The average Bonchev–Trinajstić information content (AvgIpc) is 2.97. The molecule has 4 rings (SSSR count). The minimum atomic E-state index is -0.150. The van der Waals surface area contributed by atoms with Crippen molar-refractivity contribution in [2.45, 2.75) is 38.5 Å². The maximum Gasteiger partial charge on any atom is 0.153 e. The molecule has 4 heteroatoms.